The van der Waals surface area contributed by atoms with Gasteiger partial charge in [-0.1, -0.05) is 20.8 Å². The monoisotopic (exact) mass is 295 g/mol. The minimum absolute atomic E-state index is 0.122. The molecule has 2 amide bonds. The molecular weight excluding hydrogens is 274 g/mol. The molecule has 1 aromatic heterocycles. The number of amides is 2. The largest absolute Gasteiger partial charge is 0.338 e. The van der Waals surface area contributed by atoms with E-state index < -0.39 is 0 Å². The molecule has 1 unspecified atom stereocenters. The second kappa shape index (κ2) is 5.54. The van der Waals surface area contributed by atoms with Gasteiger partial charge in [0, 0.05) is 19.5 Å². The van der Waals surface area contributed by atoms with Gasteiger partial charge in [-0.3, -0.25) is 15.0 Å². The lowest BCUT2D eigenvalue weighted by Crippen LogP contribution is -2.31. The number of likely N-dealkylation sites (tertiary alicyclic amines) is 1. The Balaban J connectivity index is 2.10. The second-order valence-electron chi connectivity index (χ2n) is 6.29. The number of nitrogens with two attached hydrogens (primary N) is 1. The fraction of sp³-hybridized carbons (Fsp3) is 0.571. The summed E-state index contributed by atoms with van der Waals surface area (Å²) in [6.07, 6.45) is 0.589. The predicted octanol–water partition coefficient (Wildman–Crippen LogP) is 1.75. The molecule has 1 aliphatic rings. The molecule has 1 atom stereocenters. The van der Waals surface area contributed by atoms with Gasteiger partial charge in [0.15, 0.2) is 0 Å². The molecule has 20 heavy (non-hydrogen) atoms. The molecule has 5 nitrogen and oxygen atoms in total. The molecule has 0 aliphatic carbocycles. The zero-order valence-electron chi connectivity index (χ0n) is 12.1. The fourth-order valence-electron chi connectivity index (χ4n) is 2.44. The first kappa shape index (κ1) is 15.0. The predicted molar refractivity (Wildman–Crippen MR) is 79.0 cm³/mol. The molecule has 0 bridgehead atoms. The average Bonchev–Trinajstić information content (AvgIpc) is 2.96. The molecule has 0 aromatic carbocycles. The summed E-state index contributed by atoms with van der Waals surface area (Å²) < 4.78 is 0. The van der Waals surface area contributed by atoms with E-state index in [4.69, 9.17) is 5.84 Å². The number of hydrogen-bond acceptors (Lipinski definition) is 4. The summed E-state index contributed by atoms with van der Waals surface area (Å²) >= 11 is 1.34. The Morgan fingerprint density at radius 3 is 2.80 bits per heavy atom. The van der Waals surface area contributed by atoms with Crippen LogP contribution in [0.15, 0.2) is 11.4 Å². The number of nitrogens with one attached hydrogen (secondary N) is 1. The van der Waals surface area contributed by atoms with Crippen molar-refractivity contribution in [3.05, 3.63) is 21.9 Å². The Kier molecular flexibility index (Phi) is 4.15. The minimum atomic E-state index is -0.297. The van der Waals surface area contributed by atoms with Crippen LogP contribution in [0.4, 0.5) is 0 Å². The van der Waals surface area contributed by atoms with Crippen molar-refractivity contribution in [2.24, 2.45) is 17.2 Å². The lowest BCUT2D eigenvalue weighted by atomic mass is 9.80. The van der Waals surface area contributed by atoms with Crippen LogP contribution in [0.5, 0.6) is 0 Å². The summed E-state index contributed by atoms with van der Waals surface area (Å²) in [7, 11) is 0. The Labute approximate surface area is 123 Å². The molecule has 2 heterocycles. The van der Waals surface area contributed by atoms with Crippen LogP contribution in [-0.4, -0.2) is 23.3 Å². The van der Waals surface area contributed by atoms with Crippen molar-refractivity contribution in [3.8, 4) is 0 Å². The number of nitrogens with zero attached hydrogens (tertiary/aromatic N) is 1. The molecule has 1 aromatic rings. The molecule has 0 spiro atoms. The van der Waals surface area contributed by atoms with Gasteiger partial charge in [0.25, 0.3) is 5.91 Å². The Morgan fingerprint density at radius 1 is 1.55 bits per heavy atom. The quantitative estimate of drug-likeness (QED) is 0.507. The third kappa shape index (κ3) is 3.02. The van der Waals surface area contributed by atoms with Gasteiger partial charge in [-0.05, 0) is 28.3 Å². The number of hydrogen-bond donors (Lipinski definition) is 2. The van der Waals surface area contributed by atoms with Crippen molar-refractivity contribution in [2.45, 2.75) is 33.7 Å². The van der Waals surface area contributed by atoms with Gasteiger partial charge in [0.05, 0.1) is 4.88 Å². The van der Waals surface area contributed by atoms with Crippen LogP contribution in [0, 0.1) is 11.3 Å². The topological polar surface area (TPSA) is 75.4 Å². The van der Waals surface area contributed by atoms with E-state index in [1.165, 1.54) is 11.3 Å². The average molecular weight is 295 g/mol. The molecule has 1 aliphatic heterocycles. The van der Waals surface area contributed by atoms with Gasteiger partial charge in [-0.15, -0.1) is 11.3 Å². The lowest BCUT2D eigenvalue weighted by molar-refractivity contribution is -0.128. The first-order valence-electron chi connectivity index (χ1n) is 6.68. The highest BCUT2D eigenvalue weighted by Crippen LogP contribution is 2.35. The van der Waals surface area contributed by atoms with E-state index in [1.807, 2.05) is 16.3 Å². The van der Waals surface area contributed by atoms with E-state index in [0.29, 0.717) is 23.8 Å². The molecule has 1 fully saturated rings. The first-order chi connectivity index (χ1) is 9.32. The van der Waals surface area contributed by atoms with Gasteiger partial charge in [0.2, 0.25) is 5.91 Å². The highest BCUT2D eigenvalue weighted by Gasteiger charge is 2.37. The van der Waals surface area contributed by atoms with E-state index >= 15 is 0 Å². The summed E-state index contributed by atoms with van der Waals surface area (Å²) in [4.78, 5) is 26.2. The summed E-state index contributed by atoms with van der Waals surface area (Å²) in [5.41, 5.74) is 3.13. The van der Waals surface area contributed by atoms with Crippen LogP contribution in [0.2, 0.25) is 0 Å². The van der Waals surface area contributed by atoms with Gasteiger partial charge < -0.3 is 4.90 Å². The third-order valence-electron chi connectivity index (χ3n) is 3.88. The van der Waals surface area contributed by atoms with E-state index in [-0.39, 0.29) is 17.2 Å². The number of hydrazine groups is 1. The summed E-state index contributed by atoms with van der Waals surface area (Å²) in [6, 6.07) is 1.88. The standard InChI is InChI=1S/C14H21N3O2S/c1-14(2,3)10-6-11(18)17(8-10)7-9-4-5-20-12(9)13(19)16-15/h4-5,10H,6-8,15H2,1-3H3,(H,16,19). The zero-order chi connectivity index (χ0) is 14.9. The summed E-state index contributed by atoms with van der Waals surface area (Å²) in [5.74, 6) is 5.40. The highest BCUT2D eigenvalue weighted by atomic mass is 32.1. The van der Waals surface area contributed by atoms with Crippen LogP contribution in [-0.2, 0) is 11.3 Å². The number of rotatable bonds is 3. The number of nitrogen functional groups attached to an aromatic ring is 1. The minimum Gasteiger partial charge on any atom is -0.338 e. The normalized spacial score (nSPS) is 19.5. The fourth-order valence-corrected chi connectivity index (χ4v) is 3.25. The Hall–Kier alpha value is -1.40. The van der Waals surface area contributed by atoms with Crippen molar-refractivity contribution in [1.82, 2.24) is 10.3 Å². The molecule has 2 rings (SSSR count). The van der Waals surface area contributed by atoms with Crippen LogP contribution in [0.1, 0.15) is 42.4 Å². The van der Waals surface area contributed by atoms with Crippen molar-refractivity contribution < 1.29 is 9.59 Å². The highest BCUT2D eigenvalue weighted by molar-refractivity contribution is 7.12. The zero-order valence-corrected chi connectivity index (χ0v) is 12.9. The van der Waals surface area contributed by atoms with Crippen molar-refractivity contribution >= 4 is 23.2 Å². The maximum absolute atomic E-state index is 12.1. The third-order valence-corrected chi connectivity index (χ3v) is 4.84. The molecule has 6 heteroatoms. The van der Waals surface area contributed by atoms with Crippen molar-refractivity contribution in [3.63, 3.8) is 0 Å². The van der Waals surface area contributed by atoms with E-state index in [9.17, 15) is 9.59 Å². The molecule has 1 saturated heterocycles. The Bertz CT molecular complexity index is 519. The van der Waals surface area contributed by atoms with E-state index in [1.54, 1.807) is 0 Å². The maximum atomic E-state index is 12.1. The second-order valence-corrected chi connectivity index (χ2v) is 7.21. The first-order valence-corrected chi connectivity index (χ1v) is 7.56. The summed E-state index contributed by atoms with van der Waals surface area (Å²) in [6.45, 7) is 7.71. The number of carbonyl (C=O) groups excluding carboxylic acids is 2. The number of carbonyl (C=O) groups is 2. The van der Waals surface area contributed by atoms with Gasteiger partial charge >= 0.3 is 0 Å². The van der Waals surface area contributed by atoms with Crippen molar-refractivity contribution in [2.75, 3.05) is 6.54 Å². The molecule has 0 saturated carbocycles. The van der Waals surface area contributed by atoms with Crippen LogP contribution in [0.25, 0.3) is 0 Å². The van der Waals surface area contributed by atoms with Crippen LogP contribution >= 0.6 is 11.3 Å². The molecular formula is C14H21N3O2S. The van der Waals surface area contributed by atoms with E-state index in [2.05, 4.69) is 26.2 Å². The van der Waals surface area contributed by atoms with Crippen LogP contribution < -0.4 is 11.3 Å². The molecule has 110 valence electrons. The lowest BCUT2D eigenvalue weighted by Gasteiger charge is -2.26. The van der Waals surface area contributed by atoms with Crippen molar-refractivity contribution in [1.29, 1.82) is 0 Å². The number of thiophene rings is 1. The SMILES string of the molecule is CC(C)(C)C1CC(=O)N(Cc2ccsc2C(=O)NN)C1. The van der Waals surface area contributed by atoms with Crippen LogP contribution in [0.3, 0.4) is 0 Å². The Morgan fingerprint density at radius 2 is 2.25 bits per heavy atom. The summed E-state index contributed by atoms with van der Waals surface area (Å²) in [5, 5.41) is 1.85. The molecule has 3 N–H and O–H groups in total. The van der Waals surface area contributed by atoms with E-state index in [0.717, 1.165) is 12.1 Å². The maximum Gasteiger partial charge on any atom is 0.275 e. The smallest absolute Gasteiger partial charge is 0.275 e. The van der Waals surface area contributed by atoms with Gasteiger partial charge in [0.1, 0.15) is 0 Å². The molecule has 0 radical (unpaired) electrons. The van der Waals surface area contributed by atoms with Gasteiger partial charge in [-0.2, -0.15) is 0 Å². The van der Waals surface area contributed by atoms with Gasteiger partial charge in [-0.25, -0.2) is 5.84 Å².